The van der Waals surface area contributed by atoms with Crippen LogP contribution in [0.5, 0.6) is 17.2 Å². The number of fused-ring (bicyclic) bond motifs is 11. The first-order chi connectivity index (χ1) is 16.0. The number of carboxylic acid groups (broad SMARTS) is 1. The summed E-state index contributed by atoms with van der Waals surface area (Å²) in [6, 6.07) is 7.44. The van der Waals surface area contributed by atoms with Crippen LogP contribution in [0.25, 0.3) is 0 Å². The number of hydrogen-bond acceptors (Lipinski definition) is 6. The maximum atomic E-state index is 12.9. The normalized spacial score (nSPS) is 21.5. The largest absolute Gasteiger partial charge is 0.507 e. The molecule has 10 nitrogen and oxygen atoms in total. The van der Waals surface area contributed by atoms with Crippen molar-refractivity contribution >= 4 is 23.7 Å². The van der Waals surface area contributed by atoms with Gasteiger partial charge in [0, 0.05) is 6.42 Å². The number of carbonyl (C=O) groups is 4. The quantitative estimate of drug-likeness (QED) is 0.418. The van der Waals surface area contributed by atoms with Crippen LogP contribution in [0, 0.1) is 5.92 Å². The summed E-state index contributed by atoms with van der Waals surface area (Å²) >= 11 is 0. The summed E-state index contributed by atoms with van der Waals surface area (Å²) < 4.78 is 5.76. The van der Waals surface area contributed by atoms with E-state index in [2.05, 4.69) is 16.0 Å². The van der Waals surface area contributed by atoms with Gasteiger partial charge in [-0.05, 0) is 48.7 Å². The molecule has 4 bridgehead atoms. The molecule has 0 fully saturated rings. The molecule has 0 radical (unpaired) electrons. The standard InChI is InChI=1S/C24H27N3O7/c1-12(2)20-23(31)25-13(3)21(29)26-18(24(32)33)10-14-4-6-15(7-5-14)34-16-8-9-19(28)17(11-16)22(30)27-20/h4-9,11-13,18,20,28H,10H2,1-3H3,(H,25,31)(H,26,29)(H,27,30)(H,32,33)/t13-,18-,20-/m0/s1. The van der Waals surface area contributed by atoms with Crippen molar-refractivity contribution in [2.24, 2.45) is 5.92 Å². The molecule has 180 valence electrons. The second-order valence-electron chi connectivity index (χ2n) is 8.45. The second kappa shape index (κ2) is 10.2. The smallest absolute Gasteiger partial charge is 0.326 e. The van der Waals surface area contributed by atoms with Gasteiger partial charge in [0.1, 0.15) is 35.4 Å². The minimum Gasteiger partial charge on any atom is -0.507 e. The van der Waals surface area contributed by atoms with Gasteiger partial charge in [0.05, 0.1) is 5.56 Å². The van der Waals surface area contributed by atoms with Crippen molar-refractivity contribution in [3.63, 3.8) is 0 Å². The molecule has 5 N–H and O–H groups in total. The third kappa shape index (κ3) is 5.83. The summed E-state index contributed by atoms with van der Waals surface area (Å²) in [4.78, 5) is 50.0. The number of ether oxygens (including phenoxy) is 1. The molecule has 0 unspecified atom stereocenters. The number of carbonyl (C=O) groups excluding carboxylic acids is 3. The van der Waals surface area contributed by atoms with E-state index in [1.165, 1.54) is 25.1 Å². The van der Waals surface area contributed by atoms with Gasteiger partial charge >= 0.3 is 5.97 Å². The van der Waals surface area contributed by atoms with Crippen LogP contribution < -0.4 is 20.7 Å². The van der Waals surface area contributed by atoms with E-state index in [0.29, 0.717) is 11.3 Å². The van der Waals surface area contributed by atoms with E-state index < -0.39 is 41.8 Å². The van der Waals surface area contributed by atoms with Gasteiger partial charge in [-0.1, -0.05) is 26.0 Å². The molecule has 3 amide bonds. The molecule has 2 aromatic carbocycles. The number of aromatic hydroxyl groups is 1. The summed E-state index contributed by atoms with van der Waals surface area (Å²) in [5.41, 5.74) is 0.562. The van der Waals surface area contributed by atoms with Crippen LogP contribution in [0.3, 0.4) is 0 Å². The lowest BCUT2D eigenvalue weighted by atomic mass is 10.0. The minimum atomic E-state index is -1.22. The Morgan fingerprint density at radius 3 is 2.24 bits per heavy atom. The molecular formula is C24H27N3O7. The molecular weight excluding hydrogens is 442 g/mol. The molecule has 4 rings (SSSR count). The van der Waals surface area contributed by atoms with Gasteiger partial charge in [-0.25, -0.2) is 4.79 Å². The zero-order valence-corrected chi connectivity index (χ0v) is 19.0. The zero-order chi connectivity index (χ0) is 25.0. The molecule has 0 aromatic heterocycles. The van der Waals surface area contributed by atoms with Gasteiger partial charge in [0.2, 0.25) is 11.8 Å². The fourth-order valence-corrected chi connectivity index (χ4v) is 3.45. The number of hydrogen-bond donors (Lipinski definition) is 5. The third-order valence-corrected chi connectivity index (χ3v) is 5.41. The molecule has 3 atom stereocenters. The highest BCUT2D eigenvalue weighted by Crippen LogP contribution is 2.28. The van der Waals surface area contributed by atoms with Crippen LogP contribution >= 0.6 is 0 Å². The number of benzene rings is 2. The van der Waals surface area contributed by atoms with E-state index in [-0.39, 0.29) is 29.4 Å². The first-order valence-electron chi connectivity index (χ1n) is 10.8. The fourth-order valence-electron chi connectivity index (χ4n) is 3.45. The summed E-state index contributed by atoms with van der Waals surface area (Å²) in [5.74, 6) is -3.15. The summed E-state index contributed by atoms with van der Waals surface area (Å²) in [7, 11) is 0. The van der Waals surface area contributed by atoms with Gasteiger partial charge < -0.3 is 30.9 Å². The summed E-state index contributed by atoms with van der Waals surface area (Å²) in [6.07, 6.45) is 0.0239. The van der Waals surface area contributed by atoms with Crippen LogP contribution in [0.2, 0.25) is 0 Å². The van der Waals surface area contributed by atoms with Crippen LogP contribution in [-0.4, -0.2) is 52.0 Å². The van der Waals surface area contributed by atoms with Crippen LogP contribution in [-0.2, 0) is 20.8 Å². The van der Waals surface area contributed by atoms with Crippen molar-refractivity contribution in [2.45, 2.75) is 45.3 Å². The van der Waals surface area contributed by atoms with E-state index in [1.807, 2.05) is 0 Å². The highest BCUT2D eigenvalue weighted by molar-refractivity contribution is 6.00. The molecule has 34 heavy (non-hydrogen) atoms. The zero-order valence-electron chi connectivity index (χ0n) is 19.0. The summed E-state index contributed by atoms with van der Waals surface area (Å²) in [6.45, 7) is 4.85. The van der Waals surface area contributed by atoms with Crippen molar-refractivity contribution in [2.75, 3.05) is 0 Å². The lowest BCUT2D eigenvalue weighted by Crippen LogP contribution is -2.56. The van der Waals surface area contributed by atoms with Crippen LogP contribution in [0.15, 0.2) is 42.5 Å². The number of phenolic OH excluding ortho intramolecular Hbond substituents is 1. The number of phenols is 1. The number of amides is 3. The predicted molar refractivity (Wildman–Crippen MR) is 122 cm³/mol. The SMILES string of the molecule is CC(C)[C@@H]1NC(=O)c2cc(ccc2O)Oc2ccc(cc2)C[C@@H](C(=O)O)NC(=O)[C@H](C)NC1=O. The monoisotopic (exact) mass is 469 g/mol. The summed E-state index contributed by atoms with van der Waals surface area (Å²) in [5, 5.41) is 27.3. The maximum Gasteiger partial charge on any atom is 0.326 e. The Kier molecular flexibility index (Phi) is 7.40. The van der Waals surface area contributed by atoms with Gasteiger partial charge in [-0.15, -0.1) is 0 Å². The molecule has 2 aliphatic heterocycles. The first kappa shape index (κ1) is 24.6. The number of rotatable bonds is 2. The Balaban J connectivity index is 2.01. The molecule has 0 aliphatic carbocycles. The van der Waals surface area contributed by atoms with Crippen molar-refractivity contribution < 1.29 is 34.1 Å². The molecule has 0 saturated carbocycles. The van der Waals surface area contributed by atoms with E-state index >= 15 is 0 Å². The van der Waals surface area contributed by atoms with Crippen molar-refractivity contribution in [3.8, 4) is 17.2 Å². The highest BCUT2D eigenvalue weighted by Gasteiger charge is 2.30. The predicted octanol–water partition coefficient (Wildman–Crippen LogP) is 1.57. The lowest BCUT2D eigenvalue weighted by Gasteiger charge is -2.25. The molecule has 2 aliphatic rings. The maximum absolute atomic E-state index is 12.9. The Hall–Kier alpha value is -4.08. The minimum absolute atomic E-state index is 0.0239. The Bertz CT molecular complexity index is 1100. The Morgan fingerprint density at radius 1 is 0.971 bits per heavy atom. The molecule has 0 saturated heterocycles. The Labute approximate surface area is 196 Å². The van der Waals surface area contributed by atoms with E-state index in [1.54, 1.807) is 38.1 Å². The molecule has 10 heteroatoms. The topological polar surface area (TPSA) is 154 Å². The van der Waals surface area contributed by atoms with Crippen molar-refractivity contribution in [3.05, 3.63) is 53.6 Å². The van der Waals surface area contributed by atoms with Gasteiger partial charge in [-0.2, -0.15) is 0 Å². The molecule has 2 aromatic rings. The van der Waals surface area contributed by atoms with E-state index in [0.717, 1.165) is 0 Å². The van der Waals surface area contributed by atoms with E-state index in [4.69, 9.17) is 4.74 Å². The van der Waals surface area contributed by atoms with Crippen molar-refractivity contribution in [1.29, 1.82) is 0 Å². The third-order valence-electron chi connectivity index (χ3n) is 5.41. The van der Waals surface area contributed by atoms with Crippen LogP contribution in [0.1, 0.15) is 36.7 Å². The number of carboxylic acids is 1. The second-order valence-corrected chi connectivity index (χ2v) is 8.45. The van der Waals surface area contributed by atoms with Gasteiger partial charge in [-0.3, -0.25) is 14.4 Å². The van der Waals surface area contributed by atoms with Crippen LogP contribution in [0.4, 0.5) is 0 Å². The molecule has 2 heterocycles. The van der Waals surface area contributed by atoms with Gasteiger partial charge in [0.25, 0.3) is 5.91 Å². The fraction of sp³-hybridized carbons (Fsp3) is 0.333. The Morgan fingerprint density at radius 2 is 1.62 bits per heavy atom. The number of nitrogens with one attached hydrogen (secondary N) is 3. The van der Waals surface area contributed by atoms with Crippen molar-refractivity contribution in [1.82, 2.24) is 16.0 Å². The molecule has 0 spiro atoms. The van der Waals surface area contributed by atoms with Gasteiger partial charge in [0.15, 0.2) is 0 Å². The first-order valence-corrected chi connectivity index (χ1v) is 10.8. The number of aliphatic carboxylic acids is 1. The highest BCUT2D eigenvalue weighted by atomic mass is 16.5. The van der Waals surface area contributed by atoms with E-state index in [9.17, 15) is 29.4 Å². The lowest BCUT2D eigenvalue weighted by molar-refractivity contribution is -0.142. The average molecular weight is 469 g/mol. The average Bonchev–Trinajstić information content (AvgIpc) is 2.78.